The first-order chi connectivity index (χ1) is 15.0. The number of nitrogens with one attached hydrogen (secondary N) is 1. The number of anilines is 2. The van der Waals surface area contributed by atoms with E-state index in [1.54, 1.807) is 31.4 Å². The Kier molecular flexibility index (Phi) is 6.32. The molecular formula is C23H22ClFN4O2. The lowest BCUT2D eigenvalue weighted by Crippen LogP contribution is -2.38. The average molecular weight is 441 g/mol. The molecule has 1 N–H and O–H groups in total. The summed E-state index contributed by atoms with van der Waals surface area (Å²) in [6, 6.07) is 13.4. The van der Waals surface area contributed by atoms with Gasteiger partial charge < -0.3 is 15.0 Å². The van der Waals surface area contributed by atoms with Gasteiger partial charge in [-0.15, -0.1) is 0 Å². The molecular weight excluding hydrogens is 419 g/mol. The van der Waals surface area contributed by atoms with Crippen molar-refractivity contribution in [1.29, 1.82) is 0 Å². The molecule has 1 aliphatic rings. The van der Waals surface area contributed by atoms with Crippen LogP contribution in [0.2, 0.25) is 5.02 Å². The molecule has 4 rings (SSSR count). The highest BCUT2D eigenvalue weighted by atomic mass is 35.5. The first-order valence-electron chi connectivity index (χ1n) is 10.0. The average Bonchev–Trinajstić information content (AvgIpc) is 2.79. The molecule has 0 saturated carbocycles. The summed E-state index contributed by atoms with van der Waals surface area (Å²) in [6.07, 6.45) is 2.89. The Morgan fingerprint density at radius 3 is 2.68 bits per heavy atom. The molecule has 160 valence electrons. The second kappa shape index (κ2) is 9.31. The van der Waals surface area contributed by atoms with Gasteiger partial charge in [0.2, 0.25) is 5.91 Å². The van der Waals surface area contributed by atoms with Gasteiger partial charge >= 0.3 is 0 Å². The van der Waals surface area contributed by atoms with Crippen LogP contribution < -0.4 is 15.0 Å². The molecule has 31 heavy (non-hydrogen) atoms. The maximum Gasteiger partial charge on any atom is 0.227 e. The number of amides is 1. The van der Waals surface area contributed by atoms with E-state index in [9.17, 15) is 9.18 Å². The summed E-state index contributed by atoms with van der Waals surface area (Å²) in [5.41, 5.74) is 2.02. The standard InChI is InChI=1S/C23H22ClFN4O2/c1-31-21-6-5-18(12-19(21)24)28-23(30)15-7-9-29(10-8-15)22-13-20(26-14-27-22)16-3-2-4-17(25)11-16/h2-6,11-15H,7-10H2,1H3,(H,28,30). The normalized spacial score (nSPS) is 14.4. The van der Waals surface area contributed by atoms with Gasteiger partial charge in [0.1, 0.15) is 23.7 Å². The van der Waals surface area contributed by atoms with Crippen molar-refractivity contribution in [2.45, 2.75) is 12.8 Å². The number of hydrogen-bond donors (Lipinski definition) is 1. The molecule has 0 radical (unpaired) electrons. The Labute approximate surface area is 185 Å². The fraction of sp³-hybridized carbons (Fsp3) is 0.261. The monoisotopic (exact) mass is 440 g/mol. The predicted octanol–water partition coefficient (Wildman–Crippen LogP) is 4.80. The molecule has 1 saturated heterocycles. The Morgan fingerprint density at radius 1 is 1.16 bits per heavy atom. The SMILES string of the molecule is COc1ccc(NC(=O)C2CCN(c3cc(-c4cccc(F)c4)ncn3)CC2)cc1Cl. The van der Waals surface area contributed by atoms with E-state index in [1.165, 1.54) is 18.5 Å². The number of carbonyl (C=O) groups is 1. The molecule has 0 atom stereocenters. The van der Waals surface area contributed by atoms with Crippen LogP contribution in [0.1, 0.15) is 12.8 Å². The fourth-order valence-corrected chi connectivity index (χ4v) is 3.94. The van der Waals surface area contributed by atoms with Gasteiger partial charge in [-0.1, -0.05) is 23.7 Å². The third-order valence-corrected chi connectivity index (χ3v) is 5.68. The van der Waals surface area contributed by atoms with Crippen LogP contribution in [0.3, 0.4) is 0 Å². The molecule has 6 nitrogen and oxygen atoms in total. The summed E-state index contributed by atoms with van der Waals surface area (Å²) in [6.45, 7) is 1.39. The summed E-state index contributed by atoms with van der Waals surface area (Å²) < 4.78 is 18.7. The Bertz CT molecular complexity index is 1090. The second-order valence-corrected chi connectivity index (χ2v) is 7.78. The molecule has 1 amide bonds. The van der Waals surface area contributed by atoms with Gasteiger partial charge in [0, 0.05) is 36.3 Å². The van der Waals surface area contributed by atoms with Crippen molar-refractivity contribution in [3.8, 4) is 17.0 Å². The highest BCUT2D eigenvalue weighted by Gasteiger charge is 2.26. The van der Waals surface area contributed by atoms with Crippen molar-refractivity contribution in [3.05, 3.63) is 65.7 Å². The lowest BCUT2D eigenvalue weighted by Gasteiger charge is -2.32. The van der Waals surface area contributed by atoms with Gasteiger partial charge in [-0.3, -0.25) is 4.79 Å². The van der Waals surface area contributed by atoms with E-state index >= 15 is 0 Å². The van der Waals surface area contributed by atoms with Crippen LogP contribution in [0, 0.1) is 11.7 Å². The third kappa shape index (κ3) is 4.94. The second-order valence-electron chi connectivity index (χ2n) is 7.37. The molecule has 0 bridgehead atoms. The van der Waals surface area contributed by atoms with Crippen LogP contribution in [0.5, 0.6) is 5.75 Å². The number of benzene rings is 2. The van der Waals surface area contributed by atoms with Gasteiger partial charge in [0.05, 0.1) is 17.8 Å². The van der Waals surface area contributed by atoms with Crippen LogP contribution in [-0.2, 0) is 4.79 Å². The van der Waals surface area contributed by atoms with Gasteiger partial charge in [-0.2, -0.15) is 0 Å². The number of methoxy groups -OCH3 is 1. The molecule has 3 aromatic rings. The number of nitrogens with zero attached hydrogens (tertiary/aromatic N) is 3. The summed E-state index contributed by atoms with van der Waals surface area (Å²) in [5, 5.41) is 3.39. The first kappa shape index (κ1) is 21.1. The smallest absolute Gasteiger partial charge is 0.227 e. The molecule has 1 fully saturated rings. The first-order valence-corrected chi connectivity index (χ1v) is 10.4. The number of halogens is 2. The molecule has 0 spiro atoms. The Balaban J connectivity index is 1.38. The quantitative estimate of drug-likeness (QED) is 0.617. The maximum atomic E-state index is 13.5. The molecule has 1 aliphatic heterocycles. The number of piperidine rings is 1. The zero-order chi connectivity index (χ0) is 21.8. The number of carbonyl (C=O) groups excluding carboxylic acids is 1. The van der Waals surface area contributed by atoms with E-state index in [1.807, 2.05) is 12.1 Å². The van der Waals surface area contributed by atoms with E-state index < -0.39 is 0 Å². The highest BCUT2D eigenvalue weighted by molar-refractivity contribution is 6.32. The number of aromatic nitrogens is 2. The molecule has 0 unspecified atom stereocenters. The van der Waals surface area contributed by atoms with Gasteiger partial charge in [0.25, 0.3) is 0 Å². The van der Waals surface area contributed by atoms with Crippen molar-refractivity contribution < 1.29 is 13.9 Å². The summed E-state index contributed by atoms with van der Waals surface area (Å²) in [7, 11) is 1.55. The van der Waals surface area contributed by atoms with Crippen molar-refractivity contribution in [3.63, 3.8) is 0 Å². The van der Waals surface area contributed by atoms with Crippen molar-refractivity contribution in [1.82, 2.24) is 9.97 Å². The van der Waals surface area contributed by atoms with E-state index in [2.05, 4.69) is 20.2 Å². The van der Waals surface area contributed by atoms with Crippen LogP contribution in [0.25, 0.3) is 11.3 Å². The zero-order valence-corrected chi connectivity index (χ0v) is 17.8. The van der Waals surface area contributed by atoms with Gasteiger partial charge in [-0.05, 0) is 43.2 Å². The van der Waals surface area contributed by atoms with E-state index in [4.69, 9.17) is 16.3 Å². The minimum atomic E-state index is -0.303. The van der Waals surface area contributed by atoms with E-state index in [-0.39, 0.29) is 17.6 Å². The molecule has 0 aliphatic carbocycles. The number of rotatable bonds is 5. The van der Waals surface area contributed by atoms with Crippen molar-refractivity contribution in [2.24, 2.45) is 5.92 Å². The largest absolute Gasteiger partial charge is 0.495 e. The van der Waals surface area contributed by atoms with Crippen molar-refractivity contribution >= 4 is 29.0 Å². The van der Waals surface area contributed by atoms with Crippen LogP contribution in [0.15, 0.2) is 54.9 Å². The van der Waals surface area contributed by atoms with Crippen LogP contribution >= 0.6 is 11.6 Å². The molecule has 8 heteroatoms. The lowest BCUT2D eigenvalue weighted by molar-refractivity contribution is -0.120. The summed E-state index contributed by atoms with van der Waals surface area (Å²) >= 11 is 6.14. The van der Waals surface area contributed by atoms with E-state index in [0.29, 0.717) is 53.6 Å². The van der Waals surface area contributed by atoms with Gasteiger partial charge in [0.15, 0.2) is 0 Å². The fourth-order valence-electron chi connectivity index (χ4n) is 3.68. The maximum absolute atomic E-state index is 13.5. The topological polar surface area (TPSA) is 67.3 Å². The third-order valence-electron chi connectivity index (χ3n) is 5.38. The lowest BCUT2D eigenvalue weighted by atomic mass is 9.95. The van der Waals surface area contributed by atoms with Gasteiger partial charge in [-0.25, -0.2) is 14.4 Å². The van der Waals surface area contributed by atoms with Crippen LogP contribution in [-0.4, -0.2) is 36.1 Å². The molecule has 1 aromatic heterocycles. The summed E-state index contributed by atoms with van der Waals surface area (Å²) in [5.74, 6) is 0.916. The van der Waals surface area contributed by atoms with Crippen LogP contribution in [0.4, 0.5) is 15.9 Å². The molecule has 2 aromatic carbocycles. The van der Waals surface area contributed by atoms with E-state index in [0.717, 1.165) is 5.82 Å². The highest BCUT2D eigenvalue weighted by Crippen LogP contribution is 2.29. The minimum absolute atomic E-state index is 0.0241. The predicted molar refractivity (Wildman–Crippen MR) is 119 cm³/mol. The Morgan fingerprint density at radius 2 is 1.97 bits per heavy atom. The number of hydrogen-bond acceptors (Lipinski definition) is 5. The zero-order valence-electron chi connectivity index (χ0n) is 17.0. The molecule has 2 heterocycles. The van der Waals surface area contributed by atoms with Crippen molar-refractivity contribution in [2.75, 3.05) is 30.4 Å². The minimum Gasteiger partial charge on any atom is -0.495 e. The number of ether oxygens (including phenoxy) is 1. The Hall–Kier alpha value is -3.19. The summed E-state index contributed by atoms with van der Waals surface area (Å²) in [4.78, 5) is 23.4.